The molecular weight excluding hydrogens is 388 g/mol. The Balaban J connectivity index is 1.64. The Labute approximate surface area is 172 Å². The molecule has 0 spiro atoms. The first-order valence-corrected chi connectivity index (χ1v) is 11.6. The number of hydrogen-bond acceptors (Lipinski definition) is 5. The van der Waals surface area contributed by atoms with Crippen LogP contribution in [0.1, 0.15) is 35.3 Å². The Bertz CT molecular complexity index is 947. The molecule has 0 saturated carbocycles. The fourth-order valence-corrected chi connectivity index (χ4v) is 4.30. The molecule has 2 aromatic carbocycles. The van der Waals surface area contributed by atoms with Crippen LogP contribution in [0.2, 0.25) is 0 Å². The molecule has 6 nitrogen and oxygen atoms in total. The van der Waals surface area contributed by atoms with Crippen LogP contribution < -0.4 is 5.32 Å². The molecule has 0 unspecified atom stereocenters. The van der Waals surface area contributed by atoms with E-state index in [2.05, 4.69) is 30.1 Å². The number of hydrogen-bond donors (Lipinski definition) is 1. The van der Waals surface area contributed by atoms with E-state index in [1.165, 1.54) is 29.8 Å². The van der Waals surface area contributed by atoms with Crippen LogP contribution in [0.15, 0.2) is 53.4 Å². The van der Waals surface area contributed by atoms with Crippen molar-refractivity contribution in [3.63, 3.8) is 0 Å². The van der Waals surface area contributed by atoms with Crippen LogP contribution in [0.25, 0.3) is 0 Å². The zero-order valence-corrected chi connectivity index (χ0v) is 17.9. The summed E-state index contributed by atoms with van der Waals surface area (Å²) in [5, 5.41) is 2.94. The quantitative estimate of drug-likeness (QED) is 0.784. The second kappa shape index (κ2) is 9.07. The number of nitrogens with zero attached hydrogens (tertiary/aromatic N) is 1. The van der Waals surface area contributed by atoms with Gasteiger partial charge in [-0.3, -0.25) is 9.69 Å². The maximum absolute atomic E-state index is 12.5. The summed E-state index contributed by atoms with van der Waals surface area (Å²) >= 11 is 0. The Hall–Kier alpha value is -2.22. The predicted molar refractivity (Wildman–Crippen MR) is 112 cm³/mol. The summed E-state index contributed by atoms with van der Waals surface area (Å²) in [6, 6.07) is 14.1. The number of amides is 1. The van der Waals surface area contributed by atoms with Gasteiger partial charge in [0.15, 0.2) is 9.84 Å². The molecule has 2 atom stereocenters. The van der Waals surface area contributed by atoms with Gasteiger partial charge in [-0.25, -0.2) is 8.42 Å². The van der Waals surface area contributed by atoms with Crippen molar-refractivity contribution in [2.45, 2.75) is 44.0 Å². The van der Waals surface area contributed by atoms with Gasteiger partial charge in [0, 0.05) is 38.0 Å². The van der Waals surface area contributed by atoms with Gasteiger partial charge in [-0.1, -0.05) is 24.3 Å². The number of benzene rings is 2. The topological polar surface area (TPSA) is 75.7 Å². The summed E-state index contributed by atoms with van der Waals surface area (Å²) in [6.45, 7) is 7.18. The van der Waals surface area contributed by atoms with Crippen molar-refractivity contribution in [3.05, 3.63) is 65.2 Å². The smallest absolute Gasteiger partial charge is 0.251 e. The van der Waals surface area contributed by atoms with E-state index < -0.39 is 9.84 Å². The van der Waals surface area contributed by atoms with Gasteiger partial charge in [-0.05, 0) is 49.2 Å². The lowest BCUT2D eigenvalue weighted by molar-refractivity contribution is -0.0705. The van der Waals surface area contributed by atoms with Crippen molar-refractivity contribution in [3.8, 4) is 0 Å². The molecule has 1 N–H and O–H groups in total. The fraction of sp³-hybridized carbons (Fsp3) is 0.409. The van der Waals surface area contributed by atoms with E-state index in [-0.39, 0.29) is 23.0 Å². The molecule has 0 radical (unpaired) electrons. The van der Waals surface area contributed by atoms with E-state index in [1.54, 1.807) is 0 Å². The highest BCUT2D eigenvalue weighted by Crippen LogP contribution is 2.17. The van der Waals surface area contributed by atoms with Crippen molar-refractivity contribution in [1.29, 1.82) is 0 Å². The van der Waals surface area contributed by atoms with Crippen LogP contribution in [-0.2, 0) is 27.7 Å². The van der Waals surface area contributed by atoms with Crippen LogP contribution in [0, 0.1) is 0 Å². The van der Waals surface area contributed by atoms with Crippen molar-refractivity contribution in [2.24, 2.45) is 0 Å². The van der Waals surface area contributed by atoms with Gasteiger partial charge in [0.25, 0.3) is 5.91 Å². The van der Waals surface area contributed by atoms with E-state index in [9.17, 15) is 13.2 Å². The maximum atomic E-state index is 12.5. The highest BCUT2D eigenvalue weighted by atomic mass is 32.2. The number of carbonyl (C=O) groups excluding carboxylic acids is 1. The lowest BCUT2D eigenvalue weighted by atomic mass is 10.1. The van der Waals surface area contributed by atoms with Crippen LogP contribution in [0.5, 0.6) is 0 Å². The average Bonchev–Trinajstić information content (AvgIpc) is 2.65. The Kier molecular flexibility index (Phi) is 6.72. The van der Waals surface area contributed by atoms with Crippen molar-refractivity contribution < 1.29 is 17.9 Å². The molecule has 29 heavy (non-hydrogen) atoms. The first-order chi connectivity index (χ1) is 13.7. The van der Waals surface area contributed by atoms with Gasteiger partial charge >= 0.3 is 0 Å². The minimum Gasteiger partial charge on any atom is -0.373 e. The van der Waals surface area contributed by atoms with E-state index in [0.29, 0.717) is 12.1 Å². The van der Waals surface area contributed by atoms with Gasteiger partial charge < -0.3 is 10.1 Å². The molecule has 7 heteroatoms. The summed E-state index contributed by atoms with van der Waals surface area (Å²) in [6.07, 6.45) is 1.57. The lowest BCUT2D eigenvalue weighted by Gasteiger charge is -2.35. The van der Waals surface area contributed by atoms with Crippen LogP contribution in [-0.4, -0.2) is 50.8 Å². The zero-order valence-electron chi connectivity index (χ0n) is 17.1. The summed E-state index contributed by atoms with van der Waals surface area (Å²) in [4.78, 5) is 15.1. The average molecular weight is 417 g/mol. The van der Waals surface area contributed by atoms with Gasteiger partial charge in [0.1, 0.15) is 0 Å². The first kappa shape index (κ1) is 21.5. The van der Waals surface area contributed by atoms with Gasteiger partial charge in [0.2, 0.25) is 0 Å². The van der Waals surface area contributed by atoms with Crippen LogP contribution in [0.4, 0.5) is 0 Å². The second-order valence-corrected chi connectivity index (χ2v) is 9.72. The second-order valence-electron chi connectivity index (χ2n) is 7.70. The number of nitrogens with one attached hydrogen (secondary N) is 1. The third kappa shape index (κ3) is 5.88. The van der Waals surface area contributed by atoms with Crippen molar-refractivity contribution in [2.75, 3.05) is 19.3 Å². The summed E-state index contributed by atoms with van der Waals surface area (Å²) < 4.78 is 28.9. The normalized spacial score (nSPS) is 20.4. The molecule has 1 aliphatic rings. The maximum Gasteiger partial charge on any atom is 0.251 e. The highest BCUT2D eigenvalue weighted by molar-refractivity contribution is 7.90. The molecule has 156 valence electrons. The van der Waals surface area contributed by atoms with Gasteiger partial charge in [-0.15, -0.1) is 0 Å². The summed E-state index contributed by atoms with van der Waals surface area (Å²) in [7, 11) is -3.27. The fourth-order valence-electron chi connectivity index (χ4n) is 3.67. The molecule has 3 rings (SSSR count). The number of rotatable bonds is 6. The number of sulfone groups is 1. The van der Waals surface area contributed by atoms with Gasteiger partial charge in [0.05, 0.1) is 17.1 Å². The predicted octanol–water partition coefficient (Wildman–Crippen LogP) is 2.63. The molecule has 1 aliphatic heterocycles. The Morgan fingerprint density at radius 1 is 1.03 bits per heavy atom. The van der Waals surface area contributed by atoms with E-state index >= 15 is 0 Å². The molecule has 0 aliphatic carbocycles. The standard InChI is InChI=1S/C22H28N2O4S/c1-16-13-24(14-17(2)28-16)15-20-7-5-4-6-19(20)12-23-22(25)18-8-10-21(11-9-18)29(3,26)27/h4-11,16-17H,12-15H2,1-3H3,(H,23,25)/t16-,17+. The number of morpholine rings is 1. The van der Waals surface area contributed by atoms with Crippen LogP contribution >= 0.6 is 0 Å². The monoisotopic (exact) mass is 416 g/mol. The minimum atomic E-state index is -3.27. The minimum absolute atomic E-state index is 0.202. The molecule has 1 amide bonds. The molecule has 1 heterocycles. The zero-order chi connectivity index (χ0) is 21.0. The van der Waals surface area contributed by atoms with Crippen molar-refractivity contribution >= 4 is 15.7 Å². The van der Waals surface area contributed by atoms with E-state index in [1.807, 2.05) is 18.2 Å². The molecule has 0 bridgehead atoms. The Morgan fingerprint density at radius 2 is 1.62 bits per heavy atom. The van der Waals surface area contributed by atoms with Crippen molar-refractivity contribution in [1.82, 2.24) is 10.2 Å². The summed E-state index contributed by atoms with van der Waals surface area (Å²) in [5.41, 5.74) is 2.69. The SMILES string of the molecule is C[C@@H]1CN(Cc2ccccc2CNC(=O)c2ccc(S(C)(=O)=O)cc2)C[C@H](C)O1. The molecule has 0 aromatic heterocycles. The molecule has 1 saturated heterocycles. The van der Waals surface area contributed by atoms with Gasteiger partial charge in [-0.2, -0.15) is 0 Å². The summed E-state index contributed by atoms with van der Waals surface area (Å²) in [5.74, 6) is -0.228. The van der Waals surface area contributed by atoms with E-state index in [4.69, 9.17) is 4.74 Å². The lowest BCUT2D eigenvalue weighted by Crippen LogP contribution is -2.45. The molecule has 2 aromatic rings. The highest BCUT2D eigenvalue weighted by Gasteiger charge is 2.22. The number of carbonyl (C=O) groups is 1. The molecule has 1 fully saturated rings. The third-order valence-electron chi connectivity index (χ3n) is 4.99. The van der Waals surface area contributed by atoms with Crippen LogP contribution in [0.3, 0.4) is 0 Å². The number of ether oxygens (including phenoxy) is 1. The Morgan fingerprint density at radius 3 is 2.21 bits per heavy atom. The first-order valence-electron chi connectivity index (χ1n) is 9.75. The van der Waals surface area contributed by atoms with E-state index in [0.717, 1.165) is 31.5 Å². The molecular formula is C22H28N2O4S. The largest absolute Gasteiger partial charge is 0.373 e. The third-order valence-corrected chi connectivity index (χ3v) is 6.12.